The predicted molar refractivity (Wildman–Crippen MR) is 68.0 cm³/mol. The molecule has 1 heteroatoms. The molecule has 1 rings (SSSR count). The molecule has 0 amide bonds. The molecule has 0 saturated carbocycles. The summed E-state index contributed by atoms with van der Waals surface area (Å²) in [5.41, 5.74) is 0.412. The van der Waals surface area contributed by atoms with Crippen LogP contribution in [0.15, 0.2) is 0 Å². The van der Waals surface area contributed by atoms with E-state index in [9.17, 15) is 0 Å². The maximum absolute atomic E-state index is 3.87. The molecule has 3 unspecified atom stereocenters. The molecular formula is C14H29N. The maximum Gasteiger partial charge on any atom is 0.0118 e. The van der Waals surface area contributed by atoms with Crippen molar-refractivity contribution in [3.05, 3.63) is 0 Å². The molecule has 1 fully saturated rings. The molecule has 0 aromatic heterocycles. The minimum absolute atomic E-state index is 0.412. The Bertz CT molecular complexity index is 190. The number of rotatable bonds is 2. The van der Waals surface area contributed by atoms with Crippen molar-refractivity contribution >= 4 is 0 Å². The zero-order valence-electron chi connectivity index (χ0n) is 11.4. The van der Waals surface area contributed by atoms with Crippen molar-refractivity contribution < 1.29 is 0 Å². The maximum atomic E-state index is 3.87. The van der Waals surface area contributed by atoms with Crippen LogP contribution < -0.4 is 5.32 Å². The van der Waals surface area contributed by atoms with Crippen molar-refractivity contribution in [3.8, 4) is 0 Å². The number of piperidine rings is 1. The predicted octanol–water partition coefficient (Wildman–Crippen LogP) is 3.84. The first kappa shape index (κ1) is 13.0. The van der Waals surface area contributed by atoms with Crippen molar-refractivity contribution in [2.24, 2.45) is 17.3 Å². The SMILES string of the molecule is CC(C)C(C)C1CCCC(C(C)(C)C)N1. The quantitative estimate of drug-likeness (QED) is 0.732. The molecule has 1 nitrogen and oxygen atoms in total. The number of hydrogen-bond acceptors (Lipinski definition) is 1. The van der Waals surface area contributed by atoms with Gasteiger partial charge in [-0.15, -0.1) is 0 Å². The van der Waals surface area contributed by atoms with Gasteiger partial charge in [0.1, 0.15) is 0 Å². The molecule has 90 valence electrons. The van der Waals surface area contributed by atoms with Crippen molar-refractivity contribution in [3.63, 3.8) is 0 Å². The van der Waals surface area contributed by atoms with Gasteiger partial charge in [0.2, 0.25) is 0 Å². The smallest absolute Gasteiger partial charge is 0.0118 e. The van der Waals surface area contributed by atoms with Gasteiger partial charge in [-0.25, -0.2) is 0 Å². The molecule has 1 heterocycles. The molecule has 0 aromatic rings. The topological polar surface area (TPSA) is 12.0 Å². The summed E-state index contributed by atoms with van der Waals surface area (Å²) in [6.45, 7) is 14.1. The summed E-state index contributed by atoms with van der Waals surface area (Å²) < 4.78 is 0. The van der Waals surface area contributed by atoms with Crippen molar-refractivity contribution in [2.45, 2.75) is 72.9 Å². The van der Waals surface area contributed by atoms with Crippen LogP contribution in [0.4, 0.5) is 0 Å². The summed E-state index contributed by atoms with van der Waals surface area (Å²) in [5.74, 6) is 1.59. The molecular weight excluding hydrogens is 182 g/mol. The first-order valence-electron chi connectivity index (χ1n) is 6.58. The first-order chi connectivity index (χ1) is 6.82. The van der Waals surface area contributed by atoms with Gasteiger partial charge in [-0.3, -0.25) is 0 Å². The fourth-order valence-electron chi connectivity index (χ4n) is 2.53. The summed E-state index contributed by atoms with van der Waals surface area (Å²) >= 11 is 0. The standard InChI is InChI=1S/C14H29N/c1-10(2)11(3)12-8-7-9-13(15-12)14(4,5)6/h10-13,15H,7-9H2,1-6H3. The van der Waals surface area contributed by atoms with Gasteiger partial charge in [-0.1, -0.05) is 48.0 Å². The van der Waals surface area contributed by atoms with Crippen molar-refractivity contribution in [2.75, 3.05) is 0 Å². The van der Waals surface area contributed by atoms with E-state index in [1.807, 2.05) is 0 Å². The van der Waals surface area contributed by atoms with Gasteiger partial charge in [0, 0.05) is 12.1 Å². The lowest BCUT2D eigenvalue weighted by Crippen LogP contribution is -2.51. The Kier molecular flexibility index (Phi) is 4.22. The van der Waals surface area contributed by atoms with E-state index < -0.39 is 0 Å². The Morgan fingerprint density at radius 2 is 1.67 bits per heavy atom. The van der Waals surface area contributed by atoms with E-state index in [-0.39, 0.29) is 0 Å². The zero-order chi connectivity index (χ0) is 11.6. The van der Waals surface area contributed by atoms with Gasteiger partial charge in [-0.2, -0.15) is 0 Å². The Balaban J connectivity index is 2.56. The number of nitrogens with one attached hydrogen (secondary N) is 1. The van der Waals surface area contributed by atoms with Gasteiger partial charge in [0.25, 0.3) is 0 Å². The second-order valence-corrected chi connectivity index (χ2v) is 6.73. The lowest BCUT2D eigenvalue weighted by molar-refractivity contribution is 0.150. The van der Waals surface area contributed by atoms with E-state index in [4.69, 9.17) is 0 Å². The Hall–Kier alpha value is -0.0400. The van der Waals surface area contributed by atoms with E-state index >= 15 is 0 Å². The van der Waals surface area contributed by atoms with Gasteiger partial charge < -0.3 is 5.32 Å². The highest BCUT2D eigenvalue weighted by atomic mass is 15.0. The van der Waals surface area contributed by atoms with E-state index in [1.54, 1.807) is 0 Å². The van der Waals surface area contributed by atoms with E-state index in [0.717, 1.165) is 17.9 Å². The fourth-order valence-corrected chi connectivity index (χ4v) is 2.53. The monoisotopic (exact) mass is 211 g/mol. The van der Waals surface area contributed by atoms with Crippen LogP contribution in [-0.4, -0.2) is 12.1 Å². The van der Waals surface area contributed by atoms with Crippen LogP contribution in [0.5, 0.6) is 0 Å². The molecule has 0 aromatic carbocycles. The summed E-state index contributed by atoms with van der Waals surface area (Å²) in [6, 6.07) is 1.44. The first-order valence-corrected chi connectivity index (χ1v) is 6.58. The van der Waals surface area contributed by atoms with Crippen LogP contribution in [0.2, 0.25) is 0 Å². The van der Waals surface area contributed by atoms with Crippen LogP contribution in [0.3, 0.4) is 0 Å². The molecule has 0 bridgehead atoms. The van der Waals surface area contributed by atoms with E-state index in [2.05, 4.69) is 46.9 Å². The van der Waals surface area contributed by atoms with Gasteiger partial charge in [0.05, 0.1) is 0 Å². The summed E-state index contributed by atoms with van der Waals surface area (Å²) in [4.78, 5) is 0. The van der Waals surface area contributed by atoms with E-state index in [1.165, 1.54) is 19.3 Å². The molecule has 15 heavy (non-hydrogen) atoms. The average Bonchev–Trinajstić information content (AvgIpc) is 2.15. The lowest BCUT2D eigenvalue weighted by atomic mass is 9.77. The fraction of sp³-hybridized carbons (Fsp3) is 1.00. The zero-order valence-corrected chi connectivity index (χ0v) is 11.4. The molecule has 1 aliphatic rings. The normalized spacial score (nSPS) is 30.6. The Morgan fingerprint density at radius 1 is 1.07 bits per heavy atom. The molecule has 0 radical (unpaired) electrons. The summed E-state index contributed by atoms with van der Waals surface area (Å²) in [5, 5.41) is 3.87. The van der Waals surface area contributed by atoms with Crippen molar-refractivity contribution in [1.82, 2.24) is 5.32 Å². The Labute approximate surface area is 96.0 Å². The third kappa shape index (κ3) is 3.48. The van der Waals surface area contributed by atoms with Gasteiger partial charge in [0.15, 0.2) is 0 Å². The van der Waals surface area contributed by atoms with Gasteiger partial charge >= 0.3 is 0 Å². The third-order valence-electron chi connectivity index (χ3n) is 4.15. The second kappa shape index (κ2) is 4.86. The van der Waals surface area contributed by atoms with Crippen LogP contribution in [0.1, 0.15) is 60.8 Å². The molecule has 3 atom stereocenters. The highest BCUT2D eigenvalue weighted by molar-refractivity contribution is 4.90. The minimum atomic E-state index is 0.412. The highest BCUT2D eigenvalue weighted by Gasteiger charge is 2.32. The average molecular weight is 211 g/mol. The summed E-state index contributed by atoms with van der Waals surface area (Å²) in [7, 11) is 0. The minimum Gasteiger partial charge on any atom is -0.310 e. The largest absolute Gasteiger partial charge is 0.310 e. The number of hydrogen-bond donors (Lipinski definition) is 1. The molecule has 1 saturated heterocycles. The van der Waals surface area contributed by atoms with Crippen LogP contribution >= 0.6 is 0 Å². The molecule has 1 N–H and O–H groups in total. The lowest BCUT2D eigenvalue weighted by Gasteiger charge is -2.42. The second-order valence-electron chi connectivity index (χ2n) is 6.73. The Morgan fingerprint density at radius 3 is 2.13 bits per heavy atom. The summed E-state index contributed by atoms with van der Waals surface area (Å²) in [6.07, 6.45) is 4.12. The molecule has 1 aliphatic heterocycles. The molecule has 0 aliphatic carbocycles. The van der Waals surface area contributed by atoms with Gasteiger partial charge in [-0.05, 0) is 30.1 Å². The van der Waals surface area contributed by atoms with Crippen LogP contribution in [0.25, 0.3) is 0 Å². The van der Waals surface area contributed by atoms with E-state index in [0.29, 0.717) is 11.5 Å². The van der Waals surface area contributed by atoms with Crippen molar-refractivity contribution in [1.29, 1.82) is 0 Å². The van der Waals surface area contributed by atoms with Crippen LogP contribution in [-0.2, 0) is 0 Å². The molecule has 0 spiro atoms. The third-order valence-corrected chi connectivity index (χ3v) is 4.15. The highest BCUT2D eigenvalue weighted by Crippen LogP contribution is 2.31. The van der Waals surface area contributed by atoms with Crippen LogP contribution in [0, 0.1) is 17.3 Å².